The Labute approximate surface area is 165 Å². The van der Waals surface area contributed by atoms with E-state index in [0.29, 0.717) is 10.9 Å². The van der Waals surface area contributed by atoms with Crippen molar-refractivity contribution < 1.29 is 0 Å². The van der Waals surface area contributed by atoms with Crippen molar-refractivity contribution in [3.8, 4) is 5.69 Å². The Kier molecular flexibility index (Phi) is 5.00. The van der Waals surface area contributed by atoms with Crippen molar-refractivity contribution in [2.75, 3.05) is 14.1 Å². The molecule has 1 aromatic carbocycles. The van der Waals surface area contributed by atoms with Crippen molar-refractivity contribution >= 4 is 34.9 Å². The summed E-state index contributed by atoms with van der Waals surface area (Å²) in [5.74, 6) is 2.41. The summed E-state index contributed by atoms with van der Waals surface area (Å²) in [7, 11) is 4.07. The van der Waals surface area contributed by atoms with Gasteiger partial charge in [-0.2, -0.15) is 4.37 Å². The topological polar surface area (TPSA) is 59.7 Å². The van der Waals surface area contributed by atoms with Crippen molar-refractivity contribution in [1.29, 1.82) is 0 Å². The molecule has 2 aromatic heterocycles. The first kappa shape index (κ1) is 17.9. The molecule has 1 saturated carbocycles. The first-order valence-electron chi connectivity index (χ1n) is 8.42. The lowest BCUT2D eigenvalue weighted by Gasteiger charge is -2.20. The standard InChI is InChI=1S/C17H19ClN6S2/c1-10(23(2)3)15-20-21-16(24(15)13-8-6-12(18)7-9-13)25-17-19-14(22-26-17)11-4-5-11/h6-11H,4-5H2,1-3H3. The Morgan fingerprint density at radius 1 is 1.23 bits per heavy atom. The van der Waals surface area contributed by atoms with Crippen LogP contribution in [0.5, 0.6) is 0 Å². The summed E-state index contributed by atoms with van der Waals surface area (Å²) in [6.07, 6.45) is 2.40. The normalized spacial score (nSPS) is 15.6. The second-order valence-corrected chi connectivity index (χ2v) is 8.99. The van der Waals surface area contributed by atoms with Crippen LogP contribution in [0.25, 0.3) is 5.69 Å². The average Bonchev–Trinajstić information content (AvgIpc) is 3.24. The van der Waals surface area contributed by atoms with Gasteiger partial charge in [0.2, 0.25) is 5.16 Å². The summed E-state index contributed by atoms with van der Waals surface area (Å²) in [4.78, 5) is 6.78. The molecule has 1 aliphatic rings. The summed E-state index contributed by atoms with van der Waals surface area (Å²) < 4.78 is 7.46. The van der Waals surface area contributed by atoms with Crippen LogP contribution in [0.15, 0.2) is 33.8 Å². The SMILES string of the molecule is CC(c1nnc(Sc2nc(C3CC3)ns2)n1-c1ccc(Cl)cc1)N(C)C. The highest BCUT2D eigenvalue weighted by molar-refractivity contribution is 8.00. The second kappa shape index (κ2) is 7.26. The minimum Gasteiger partial charge on any atom is -0.300 e. The van der Waals surface area contributed by atoms with E-state index in [2.05, 4.69) is 35.9 Å². The van der Waals surface area contributed by atoms with Crippen LogP contribution in [0.2, 0.25) is 5.02 Å². The van der Waals surface area contributed by atoms with Gasteiger partial charge in [-0.15, -0.1) is 10.2 Å². The molecule has 0 amide bonds. The molecule has 1 unspecified atom stereocenters. The lowest BCUT2D eigenvalue weighted by Crippen LogP contribution is -2.20. The maximum atomic E-state index is 6.06. The summed E-state index contributed by atoms with van der Waals surface area (Å²) >= 11 is 9.01. The monoisotopic (exact) mass is 406 g/mol. The van der Waals surface area contributed by atoms with Gasteiger partial charge in [-0.1, -0.05) is 11.6 Å². The van der Waals surface area contributed by atoms with Crippen molar-refractivity contribution in [1.82, 2.24) is 29.0 Å². The Hall–Kier alpha value is -1.48. The molecule has 0 aliphatic heterocycles. The van der Waals surface area contributed by atoms with Crippen molar-refractivity contribution in [2.24, 2.45) is 0 Å². The van der Waals surface area contributed by atoms with Crippen molar-refractivity contribution in [2.45, 2.75) is 41.2 Å². The molecule has 0 N–H and O–H groups in total. The van der Waals surface area contributed by atoms with Gasteiger partial charge < -0.3 is 0 Å². The summed E-state index contributed by atoms with van der Waals surface area (Å²) in [5, 5.41) is 10.4. The summed E-state index contributed by atoms with van der Waals surface area (Å²) in [6.45, 7) is 2.11. The molecule has 0 radical (unpaired) electrons. The molecule has 0 spiro atoms. The third-order valence-electron chi connectivity index (χ3n) is 4.44. The molecular formula is C17H19ClN6S2. The fraction of sp³-hybridized carbons (Fsp3) is 0.412. The van der Waals surface area contributed by atoms with Gasteiger partial charge in [0.25, 0.3) is 0 Å². The summed E-state index contributed by atoms with van der Waals surface area (Å²) in [5.41, 5.74) is 0.984. The van der Waals surface area contributed by atoms with Gasteiger partial charge in [0, 0.05) is 16.6 Å². The van der Waals surface area contributed by atoms with E-state index in [1.54, 1.807) is 0 Å². The highest BCUT2D eigenvalue weighted by Gasteiger charge is 2.28. The number of hydrogen-bond donors (Lipinski definition) is 0. The first-order chi connectivity index (χ1) is 12.5. The van der Waals surface area contributed by atoms with E-state index < -0.39 is 0 Å². The smallest absolute Gasteiger partial charge is 0.203 e. The third kappa shape index (κ3) is 3.64. The average molecular weight is 407 g/mol. The predicted octanol–water partition coefficient (Wildman–Crippen LogP) is 4.42. The minimum atomic E-state index is 0.115. The van der Waals surface area contributed by atoms with E-state index in [-0.39, 0.29) is 6.04 Å². The van der Waals surface area contributed by atoms with Gasteiger partial charge in [-0.05, 0) is 81.4 Å². The Balaban J connectivity index is 1.71. The van der Waals surface area contributed by atoms with Crippen LogP contribution in [0.4, 0.5) is 0 Å². The predicted molar refractivity (Wildman–Crippen MR) is 104 cm³/mol. The minimum absolute atomic E-state index is 0.115. The van der Waals surface area contributed by atoms with Crippen LogP contribution >= 0.6 is 34.9 Å². The number of hydrogen-bond acceptors (Lipinski definition) is 7. The number of benzene rings is 1. The quantitative estimate of drug-likeness (QED) is 0.603. The maximum absolute atomic E-state index is 6.06. The second-order valence-electron chi connectivity index (χ2n) is 6.59. The van der Waals surface area contributed by atoms with Crippen molar-refractivity contribution in [3.05, 3.63) is 40.9 Å². The molecule has 1 atom stereocenters. The lowest BCUT2D eigenvalue weighted by molar-refractivity contribution is 0.305. The molecule has 9 heteroatoms. The zero-order valence-electron chi connectivity index (χ0n) is 14.8. The largest absolute Gasteiger partial charge is 0.300 e. The van der Waals surface area contributed by atoms with Gasteiger partial charge in [0.1, 0.15) is 5.82 Å². The van der Waals surface area contributed by atoms with Crippen LogP contribution in [0.3, 0.4) is 0 Å². The molecule has 6 nitrogen and oxygen atoms in total. The molecular weight excluding hydrogens is 388 g/mol. The molecule has 26 heavy (non-hydrogen) atoms. The zero-order chi connectivity index (χ0) is 18.3. The third-order valence-corrected chi connectivity index (χ3v) is 6.40. The maximum Gasteiger partial charge on any atom is 0.203 e. The highest BCUT2D eigenvalue weighted by atomic mass is 35.5. The van der Waals surface area contributed by atoms with Crippen molar-refractivity contribution in [3.63, 3.8) is 0 Å². The van der Waals surface area contributed by atoms with Gasteiger partial charge in [0.05, 0.1) is 6.04 Å². The number of rotatable bonds is 6. The van der Waals surface area contributed by atoms with E-state index in [9.17, 15) is 0 Å². The van der Waals surface area contributed by atoms with Crippen LogP contribution in [0, 0.1) is 0 Å². The van der Waals surface area contributed by atoms with Gasteiger partial charge in [-0.25, -0.2) is 4.98 Å². The zero-order valence-corrected chi connectivity index (χ0v) is 17.1. The van der Waals surface area contributed by atoms with E-state index in [1.807, 2.05) is 38.4 Å². The molecule has 0 bridgehead atoms. The van der Waals surface area contributed by atoms with Crippen LogP contribution < -0.4 is 0 Å². The Morgan fingerprint density at radius 2 is 1.96 bits per heavy atom. The fourth-order valence-corrected chi connectivity index (χ4v) is 4.30. The molecule has 3 aromatic rings. The number of aromatic nitrogens is 5. The van der Waals surface area contributed by atoms with E-state index in [4.69, 9.17) is 11.6 Å². The molecule has 1 fully saturated rings. The number of nitrogens with zero attached hydrogens (tertiary/aromatic N) is 6. The van der Waals surface area contributed by atoms with Crippen LogP contribution in [-0.2, 0) is 0 Å². The molecule has 136 valence electrons. The van der Waals surface area contributed by atoms with Gasteiger partial charge >= 0.3 is 0 Å². The van der Waals surface area contributed by atoms with Crippen LogP contribution in [-0.4, -0.2) is 43.1 Å². The van der Waals surface area contributed by atoms with Gasteiger partial charge in [-0.3, -0.25) is 9.47 Å². The molecule has 4 rings (SSSR count). The Bertz CT molecular complexity index is 900. The Morgan fingerprint density at radius 3 is 2.62 bits per heavy atom. The fourth-order valence-electron chi connectivity index (χ4n) is 2.53. The summed E-state index contributed by atoms with van der Waals surface area (Å²) in [6, 6.07) is 7.84. The lowest BCUT2D eigenvalue weighted by atomic mass is 10.2. The van der Waals surface area contributed by atoms with Gasteiger partial charge in [0.15, 0.2) is 10.2 Å². The molecule has 2 heterocycles. The van der Waals surface area contributed by atoms with E-state index in [0.717, 1.165) is 26.8 Å². The number of halogens is 1. The first-order valence-corrected chi connectivity index (χ1v) is 10.4. The molecule has 1 aliphatic carbocycles. The molecule has 0 saturated heterocycles. The van der Waals surface area contributed by atoms with E-state index >= 15 is 0 Å². The van der Waals surface area contributed by atoms with E-state index in [1.165, 1.54) is 36.1 Å². The van der Waals surface area contributed by atoms with Crippen LogP contribution in [0.1, 0.15) is 43.4 Å². The highest BCUT2D eigenvalue weighted by Crippen LogP contribution is 2.40.